The van der Waals surface area contributed by atoms with E-state index in [-0.39, 0.29) is 5.75 Å². The molecule has 1 atom stereocenters. The molecule has 0 spiro atoms. The monoisotopic (exact) mass is 261 g/mol. The van der Waals surface area contributed by atoms with Crippen LogP contribution in [0.2, 0.25) is 0 Å². The molecule has 1 aromatic carbocycles. The molecule has 1 aliphatic rings. The molecule has 3 nitrogen and oxygen atoms in total. The summed E-state index contributed by atoms with van der Waals surface area (Å²) in [6, 6.07) is 5.59. The maximum Gasteiger partial charge on any atom is 0.573 e. The Morgan fingerprint density at radius 1 is 1.28 bits per heavy atom. The summed E-state index contributed by atoms with van der Waals surface area (Å²) >= 11 is 0. The molecule has 1 heterocycles. The third-order valence-electron chi connectivity index (χ3n) is 2.69. The van der Waals surface area contributed by atoms with Crippen LogP contribution >= 0.6 is 0 Å². The lowest BCUT2D eigenvalue weighted by atomic mass is 10.1. The van der Waals surface area contributed by atoms with E-state index >= 15 is 0 Å². The predicted molar refractivity (Wildman–Crippen MR) is 59.6 cm³/mol. The lowest BCUT2D eigenvalue weighted by molar-refractivity contribution is -0.274. The van der Waals surface area contributed by atoms with Gasteiger partial charge in [0, 0.05) is 18.5 Å². The molecule has 0 bridgehead atoms. The minimum atomic E-state index is -4.67. The van der Waals surface area contributed by atoms with Crippen molar-refractivity contribution in [3.8, 4) is 11.5 Å². The first kappa shape index (κ1) is 13.0. The van der Waals surface area contributed by atoms with E-state index in [0.717, 1.165) is 19.5 Å². The van der Waals surface area contributed by atoms with Crippen molar-refractivity contribution < 1.29 is 22.6 Å². The highest BCUT2D eigenvalue weighted by molar-refractivity contribution is 5.33. The van der Waals surface area contributed by atoms with Crippen LogP contribution in [0.4, 0.5) is 13.2 Å². The van der Waals surface area contributed by atoms with Gasteiger partial charge in [0.25, 0.3) is 0 Å². The van der Waals surface area contributed by atoms with Gasteiger partial charge in [0.2, 0.25) is 0 Å². The maximum absolute atomic E-state index is 12.0. The number of ether oxygens (including phenoxy) is 2. The van der Waals surface area contributed by atoms with Crippen LogP contribution in [-0.4, -0.2) is 26.1 Å². The van der Waals surface area contributed by atoms with Crippen LogP contribution in [0.5, 0.6) is 11.5 Å². The molecule has 1 N–H and O–H groups in total. The highest BCUT2D eigenvalue weighted by atomic mass is 19.4. The van der Waals surface area contributed by atoms with Crippen LogP contribution in [0.1, 0.15) is 6.42 Å². The average Bonchev–Trinajstić information content (AvgIpc) is 2.77. The molecule has 0 radical (unpaired) electrons. The Balaban J connectivity index is 1.90. The topological polar surface area (TPSA) is 30.5 Å². The first-order valence-electron chi connectivity index (χ1n) is 5.72. The normalized spacial score (nSPS) is 19.8. The first-order valence-corrected chi connectivity index (χ1v) is 5.72. The SMILES string of the molecule is FC(F)(F)Oc1cccc(OC[C@@H]2CCNC2)c1. The molecule has 100 valence electrons. The molecule has 2 rings (SSSR count). The predicted octanol–water partition coefficient (Wildman–Crippen LogP) is 2.57. The summed E-state index contributed by atoms with van der Waals surface area (Å²) in [7, 11) is 0. The Hall–Kier alpha value is -1.43. The zero-order chi connectivity index (χ0) is 13.0. The van der Waals surface area contributed by atoms with Crippen LogP contribution < -0.4 is 14.8 Å². The van der Waals surface area contributed by atoms with Gasteiger partial charge in [0.1, 0.15) is 11.5 Å². The molecule has 0 saturated carbocycles. The van der Waals surface area contributed by atoms with Gasteiger partial charge < -0.3 is 14.8 Å². The van der Waals surface area contributed by atoms with Gasteiger partial charge in [0.15, 0.2) is 0 Å². The van der Waals surface area contributed by atoms with Gasteiger partial charge in [-0.05, 0) is 25.1 Å². The fraction of sp³-hybridized carbons (Fsp3) is 0.500. The van der Waals surface area contributed by atoms with Crippen molar-refractivity contribution in [3.63, 3.8) is 0 Å². The van der Waals surface area contributed by atoms with E-state index < -0.39 is 6.36 Å². The van der Waals surface area contributed by atoms with Crippen molar-refractivity contribution in [1.82, 2.24) is 5.32 Å². The molecule has 0 aromatic heterocycles. The standard InChI is InChI=1S/C12H14F3NO2/c13-12(14,15)18-11-3-1-2-10(6-11)17-8-9-4-5-16-7-9/h1-3,6,9,16H,4-5,7-8H2/t9-/m1/s1. The quantitative estimate of drug-likeness (QED) is 0.903. The van der Waals surface area contributed by atoms with E-state index in [2.05, 4.69) is 10.1 Å². The third kappa shape index (κ3) is 4.10. The second kappa shape index (κ2) is 5.48. The van der Waals surface area contributed by atoms with Gasteiger partial charge in [0.05, 0.1) is 6.61 Å². The van der Waals surface area contributed by atoms with Crippen LogP contribution in [-0.2, 0) is 0 Å². The number of nitrogens with one attached hydrogen (secondary N) is 1. The largest absolute Gasteiger partial charge is 0.573 e. The Morgan fingerprint density at radius 3 is 2.72 bits per heavy atom. The van der Waals surface area contributed by atoms with Gasteiger partial charge in [-0.15, -0.1) is 13.2 Å². The summed E-state index contributed by atoms with van der Waals surface area (Å²) in [5.74, 6) is 0.547. The third-order valence-corrected chi connectivity index (χ3v) is 2.69. The molecule has 0 aliphatic carbocycles. The number of alkyl halides is 3. The number of hydrogen-bond acceptors (Lipinski definition) is 3. The Morgan fingerprint density at radius 2 is 2.06 bits per heavy atom. The Labute approximate surface area is 103 Å². The van der Waals surface area contributed by atoms with Crippen LogP contribution in [0.25, 0.3) is 0 Å². The molecular formula is C12H14F3NO2. The molecule has 1 saturated heterocycles. The lowest BCUT2D eigenvalue weighted by Gasteiger charge is -2.13. The zero-order valence-electron chi connectivity index (χ0n) is 9.67. The second-order valence-corrected chi connectivity index (χ2v) is 4.19. The Bertz CT molecular complexity index is 389. The molecule has 1 aliphatic heterocycles. The van der Waals surface area contributed by atoms with Gasteiger partial charge in [-0.2, -0.15) is 0 Å². The van der Waals surface area contributed by atoms with Crippen molar-refractivity contribution in [1.29, 1.82) is 0 Å². The lowest BCUT2D eigenvalue weighted by Crippen LogP contribution is -2.17. The first-order chi connectivity index (χ1) is 8.53. The van der Waals surface area contributed by atoms with Gasteiger partial charge >= 0.3 is 6.36 Å². The molecule has 1 fully saturated rings. The minimum absolute atomic E-state index is 0.260. The van der Waals surface area contributed by atoms with Gasteiger partial charge in [-0.25, -0.2) is 0 Å². The fourth-order valence-corrected chi connectivity index (χ4v) is 1.83. The van der Waals surface area contributed by atoms with E-state index in [4.69, 9.17) is 4.74 Å². The summed E-state index contributed by atoms with van der Waals surface area (Å²) in [5.41, 5.74) is 0. The molecule has 0 unspecified atom stereocenters. The maximum atomic E-state index is 12.0. The number of benzene rings is 1. The average molecular weight is 261 g/mol. The highest BCUT2D eigenvalue weighted by Crippen LogP contribution is 2.26. The van der Waals surface area contributed by atoms with Crippen LogP contribution in [0, 0.1) is 5.92 Å². The van der Waals surface area contributed by atoms with E-state index in [1.807, 2.05) is 0 Å². The van der Waals surface area contributed by atoms with E-state index in [1.165, 1.54) is 18.2 Å². The van der Waals surface area contributed by atoms with E-state index in [0.29, 0.717) is 18.3 Å². The highest BCUT2D eigenvalue weighted by Gasteiger charge is 2.31. The second-order valence-electron chi connectivity index (χ2n) is 4.19. The number of hydrogen-bond donors (Lipinski definition) is 1. The minimum Gasteiger partial charge on any atom is -0.493 e. The summed E-state index contributed by atoms with van der Waals surface area (Å²) < 4.78 is 45.4. The fourth-order valence-electron chi connectivity index (χ4n) is 1.83. The zero-order valence-corrected chi connectivity index (χ0v) is 9.67. The summed E-state index contributed by atoms with van der Waals surface area (Å²) in [6.07, 6.45) is -3.65. The van der Waals surface area contributed by atoms with Crippen molar-refractivity contribution in [3.05, 3.63) is 24.3 Å². The molecule has 1 aromatic rings. The summed E-state index contributed by atoms with van der Waals surface area (Å²) in [4.78, 5) is 0. The van der Waals surface area contributed by atoms with Crippen LogP contribution in [0.3, 0.4) is 0 Å². The molecule has 0 amide bonds. The Kier molecular flexibility index (Phi) is 3.96. The number of rotatable bonds is 4. The molecule has 18 heavy (non-hydrogen) atoms. The van der Waals surface area contributed by atoms with E-state index in [1.54, 1.807) is 6.07 Å². The van der Waals surface area contributed by atoms with Crippen molar-refractivity contribution in [2.45, 2.75) is 12.8 Å². The molecular weight excluding hydrogens is 247 g/mol. The van der Waals surface area contributed by atoms with Crippen molar-refractivity contribution in [2.24, 2.45) is 5.92 Å². The van der Waals surface area contributed by atoms with E-state index in [9.17, 15) is 13.2 Å². The smallest absolute Gasteiger partial charge is 0.493 e. The summed E-state index contributed by atoms with van der Waals surface area (Å²) in [5, 5.41) is 3.20. The van der Waals surface area contributed by atoms with Crippen LogP contribution in [0.15, 0.2) is 24.3 Å². The summed E-state index contributed by atoms with van der Waals surface area (Å²) in [6.45, 7) is 2.35. The number of halogens is 3. The van der Waals surface area contributed by atoms with Crippen molar-refractivity contribution in [2.75, 3.05) is 19.7 Å². The molecule has 6 heteroatoms. The van der Waals surface area contributed by atoms with Gasteiger partial charge in [-0.3, -0.25) is 0 Å². The van der Waals surface area contributed by atoms with Gasteiger partial charge in [-0.1, -0.05) is 6.07 Å². The van der Waals surface area contributed by atoms with Crippen molar-refractivity contribution >= 4 is 0 Å².